The fourth-order valence-corrected chi connectivity index (χ4v) is 1.91. The molecule has 0 amide bonds. The van der Waals surface area contributed by atoms with Gasteiger partial charge in [0.1, 0.15) is 0 Å². The third kappa shape index (κ3) is 0.973. The zero-order valence-electron chi connectivity index (χ0n) is 7.15. The second kappa shape index (κ2) is 2.10. The van der Waals surface area contributed by atoms with Crippen molar-refractivity contribution in [1.82, 2.24) is 0 Å². The first-order valence-electron chi connectivity index (χ1n) is 4.20. The Labute approximate surface area is 68.3 Å². The summed E-state index contributed by atoms with van der Waals surface area (Å²) in [6.45, 7) is 4.64. The fraction of sp³-hybridized carbons (Fsp3) is 0.455. The van der Waals surface area contributed by atoms with Gasteiger partial charge in [0.25, 0.3) is 0 Å². The molecule has 0 heterocycles. The highest BCUT2D eigenvalue weighted by Gasteiger charge is 2.28. The Morgan fingerprint density at radius 3 is 3.00 bits per heavy atom. The van der Waals surface area contributed by atoms with Crippen LogP contribution < -0.4 is 0 Å². The van der Waals surface area contributed by atoms with Gasteiger partial charge < -0.3 is 0 Å². The molecule has 11 heavy (non-hydrogen) atoms. The average Bonchev–Trinajstić information content (AvgIpc) is 2.29. The minimum absolute atomic E-state index is 0.407. The molecule has 0 fully saturated rings. The van der Waals surface area contributed by atoms with Crippen molar-refractivity contribution in [2.24, 2.45) is 0 Å². The van der Waals surface area contributed by atoms with Gasteiger partial charge in [-0.1, -0.05) is 32.0 Å². The van der Waals surface area contributed by atoms with Crippen LogP contribution in [0.5, 0.6) is 0 Å². The lowest BCUT2D eigenvalue weighted by Crippen LogP contribution is -2.11. The van der Waals surface area contributed by atoms with Crippen LogP contribution in [0.25, 0.3) is 0 Å². The molecule has 0 saturated heterocycles. The first-order valence-corrected chi connectivity index (χ1v) is 4.20. The van der Waals surface area contributed by atoms with Crippen LogP contribution >= 0.6 is 0 Å². The summed E-state index contributed by atoms with van der Waals surface area (Å²) in [7, 11) is 0. The Bertz CT molecular complexity index is 271. The summed E-state index contributed by atoms with van der Waals surface area (Å²) in [6.07, 6.45) is 2.53. The van der Waals surface area contributed by atoms with Crippen molar-refractivity contribution in [2.75, 3.05) is 0 Å². The van der Waals surface area contributed by atoms with Crippen LogP contribution in [0.3, 0.4) is 0 Å². The van der Waals surface area contributed by atoms with Crippen LogP contribution in [-0.4, -0.2) is 0 Å². The van der Waals surface area contributed by atoms with Gasteiger partial charge in [0, 0.05) is 0 Å². The molecule has 0 unspecified atom stereocenters. The zero-order valence-corrected chi connectivity index (χ0v) is 7.15. The van der Waals surface area contributed by atoms with E-state index in [0.29, 0.717) is 5.41 Å². The first kappa shape index (κ1) is 6.90. The second-order valence-corrected chi connectivity index (χ2v) is 3.97. The molecule has 0 nitrogen and oxygen atoms in total. The molecule has 0 aromatic heterocycles. The van der Waals surface area contributed by atoms with E-state index < -0.39 is 0 Å². The number of benzene rings is 1. The molecule has 1 radical (unpaired) electrons. The lowest BCUT2D eigenvalue weighted by Gasteiger charge is -2.18. The number of fused-ring (bicyclic) bond motifs is 1. The zero-order chi connectivity index (χ0) is 7.90. The average molecular weight is 145 g/mol. The van der Waals surface area contributed by atoms with Crippen LogP contribution in [-0.2, 0) is 11.8 Å². The van der Waals surface area contributed by atoms with E-state index in [1.807, 2.05) is 6.07 Å². The van der Waals surface area contributed by atoms with Gasteiger partial charge in [-0.2, -0.15) is 0 Å². The van der Waals surface area contributed by atoms with E-state index in [0.717, 1.165) is 0 Å². The van der Waals surface area contributed by atoms with E-state index in [9.17, 15) is 0 Å². The van der Waals surface area contributed by atoms with Crippen molar-refractivity contribution in [2.45, 2.75) is 32.1 Å². The number of rotatable bonds is 0. The van der Waals surface area contributed by atoms with Crippen molar-refractivity contribution in [3.63, 3.8) is 0 Å². The van der Waals surface area contributed by atoms with Gasteiger partial charge in [0.05, 0.1) is 0 Å². The Balaban J connectivity index is 2.56. The lowest BCUT2D eigenvalue weighted by atomic mass is 9.87. The molecule has 2 rings (SSSR count). The van der Waals surface area contributed by atoms with E-state index in [4.69, 9.17) is 0 Å². The summed E-state index contributed by atoms with van der Waals surface area (Å²) in [5, 5.41) is 0. The molecule has 0 heteroatoms. The molecule has 0 bridgehead atoms. The van der Waals surface area contributed by atoms with E-state index in [2.05, 4.69) is 32.0 Å². The highest BCUT2D eigenvalue weighted by atomic mass is 14.3. The van der Waals surface area contributed by atoms with Crippen molar-refractivity contribution < 1.29 is 0 Å². The maximum atomic E-state index is 3.13. The molecule has 1 aliphatic carbocycles. The van der Waals surface area contributed by atoms with E-state index in [1.165, 1.54) is 24.0 Å². The molecule has 0 atom stereocenters. The smallest absolute Gasteiger partial charge is 0.00977 e. The predicted octanol–water partition coefficient (Wildman–Crippen LogP) is 2.71. The monoisotopic (exact) mass is 145 g/mol. The quantitative estimate of drug-likeness (QED) is 0.526. The summed E-state index contributed by atoms with van der Waals surface area (Å²) in [5.74, 6) is 0. The largest absolute Gasteiger partial charge is 0.0576 e. The first-order chi connectivity index (χ1) is 5.20. The predicted molar refractivity (Wildman–Crippen MR) is 46.6 cm³/mol. The lowest BCUT2D eigenvalue weighted by molar-refractivity contribution is 0.522. The molecule has 0 saturated carbocycles. The van der Waals surface area contributed by atoms with Gasteiger partial charge in [-0.05, 0) is 35.4 Å². The Hall–Kier alpha value is -0.780. The second-order valence-electron chi connectivity index (χ2n) is 3.97. The summed E-state index contributed by atoms with van der Waals surface area (Å²) in [4.78, 5) is 0. The van der Waals surface area contributed by atoms with Crippen molar-refractivity contribution >= 4 is 0 Å². The molecular weight excluding hydrogens is 132 g/mol. The molecule has 0 N–H and O–H groups in total. The summed E-state index contributed by atoms with van der Waals surface area (Å²) in [6, 6.07) is 9.49. The number of aryl methyl sites for hydroxylation is 1. The molecule has 0 aliphatic heterocycles. The van der Waals surface area contributed by atoms with Crippen LogP contribution in [0.15, 0.2) is 18.2 Å². The van der Waals surface area contributed by atoms with Gasteiger partial charge in [-0.15, -0.1) is 0 Å². The third-order valence-corrected chi connectivity index (χ3v) is 2.70. The maximum Gasteiger partial charge on any atom is -0.00977 e. The van der Waals surface area contributed by atoms with E-state index in [-0.39, 0.29) is 0 Å². The van der Waals surface area contributed by atoms with Gasteiger partial charge >= 0.3 is 0 Å². The Morgan fingerprint density at radius 2 is 2.27 bits per heavy atom. The van der Waals surface area contributed by atoms with Gasteiger partial charge in [-0.25, -0.2) is 0 Å². The number of hydrogen-bond donors (Lipinski definition) is 0. The molecule has 57 valence electrons. The topological polar surface area (TPSA) is 0 Å². The molecule has 1 aromatic rings. The van der Waals surface area contributed by atoms with Crippen LogP contribution in [0.4, 0.5) is 0 Å². The van der Waals surface area contributed by atoms with Crippen molar-refractivity contribution in [3.8, 4) is 0 Å². The van der Waals surface area contributed by atoms with Gasteiger partial charge in [0.2, 0.25) is 0 Å². The third-order valence-electron chi connectivity index (χ3n) is 2.70. The fourth-order valence-electron chi connectivity index (χ4n) is 1.91. The molecule has 1 aromatic carbocycles. The van der Waals surface area contributed by atoms with Crippen LogP contribution in [0.2, 0.25) is 0 Å². The van der Waals surface area contributed by atoms with Crippen LogP contribution in [0.1, 0.15) is 31.4 Å². The van der Waals surface area contributed by atoms with Crippen molar-refractivity contribution in [3.05, 3.63) is 35.4 Å². The Morgan fingerprint density at radius 1 is 1.45 bits per heavy atom. The number of hydrogen-bond acceptors (Lipinski definition) is 0. The summed E-state index contributed by atoms with van der Waals surface area (Å²) < 4.78 is 0. The Kier molecular flexibility index (Phi) is 1.32. The SMILES string of the molecule is CC1(C)CCc2c[c]ccc21. The van der Waals surface area contributed by atoms with E-state index >= 15 is 0 Å². The van der Waals surface area contributed by atoms with Crippen molar-refractivity contribution in [1.29, 1.82) is 0 Å². The summed E-state index contributed by atoms with van der Waals surface area (Å²) >= 11 is 0. The molecule has 0 spiro atoms. The molecule has 1 aliphatic rings. The highest BCUT2D eigenvalue weighted by Crippen LogP contribution is 2.37. The maximum absolute atomic E-state index is 3.13. The summed E-state index contributed by atoms with van der Waals surface area (Å²) in [5.41, 5.74) is 3.43. The minimum atomic E-state index is 0.407. The van der Waals surface area contributed by atoms with Gasteiger partial charge in [0.15, 0.2) is 0 Å². The van der Waals surface area contributed by atoms with Gasteiger partial charge in [-0.3, -0.25) is 0 Å². The highest BCUT2D eigenvalue weighted by molar-refractivity contribution is 5.37. The van der Waals surface area contributed by atoms with E-state index in [1.54, 1.807) is 0 Å². The normalized spacial score (nSPS) is 19.8. The standard InChI is InChI=1S/C11H13/c1-11(2)8-7-9-5-3-4-6-10(9)11/h4-6H,7-8H2,1-2H3. The molecular formula is C11H13. The minimum Gasteiger partial charge on any atom is -0.0576 e. The van der Waals surface area contributed by atoms with Crippen LogP contribution in [0, 0.1) is 6.07 Å².